The summed E-state index contributed by atoms with van der Waals surface area (Å²) in [5.41, 5.74) is -1.58. The molecule has 2 aliphatic rings. The topological polar surface area (TPSA) is 105 Å². The van der Waals surface area contributed by atoms with Gasteiger partial charge in [0.1, 0.15) is 11.8 Å². The maximum atomic E-state index is 11.9. The molecule has 1 saturated carbocycles. The highest BCUT2D eigenvalue weighted by atomic mass is 16.6. The summed E-state index contributed by atoms with van der Waals surface area (Å²) in [5.74, 6) is 0. The van der Waals surface area contributed by atoms with Crippen LogP contribution in [0.2, 0.25) is 0 Å². The standard InChI is InChI=1S/C13H18N2O5/c1-7-6-15(12(19)14-11(7)18)10-5-9(17)13(20-10)4-2-3-8(13)16/h6,8-10,16-17H,2-5H2,1H3,(H,14,18,19). The molecule has 2 fully saturated rings. The lowest BCUT2D eigenvalue weighted by atomic mass is 9.93. The van der Waals surface area contributed by atoms with Crippen LogP contribution in [0.4, 0.5) is 0 Å². The maximum Gasteiger partial charge on any atom is 0.330 e. The van der Waals surface area contributed by atoms with Crippen molar-refractivity contribution in [2.24, 2.45) is 0 Å². The number of hydrogen-bond donors (Lipinski definition) is 3. The molecule has 20 heavy (non-hydrogen) atoms. The molecule has 0 radical (unpaired) electrons. The third kappa shape index (κ3) is 1.85. The average molecular weight is 282 g/mol. The van der Waals surface area contributed by atoms with Crippen LogP contribution in [0.25, 0.3) is 0 Å². The van der Waals surface area contributed by atoms with Crippen LogP contribution < -0.4 is 11.2 Å². The van der Waals surface area contributed by atoms with E-state index in [2.05, 4.69) is 4.98 Å². The van der Waals surface area contributed by atoms with Crippen molar-refractivity contribution in [1.82, 2.24) is 9.55 Å². The van der Waals surface area contributed by atoms with E-state index in [0.29, 0.717) is 18.4 Å². The molecule has 1 aliphatic carbocycles. The van der Waals surface area contributed by atoms with Crippen LogP contribution in [0, 0.1) is 6.92 Å². The van der Waals surface area contributed by atoms with Crippen molar-refractivity contribution in [2.75, 3.05) is 0 Å². The van der Waals surface area contributed by atoms with E-state index >= 15 is 0 Å². The first-order chi connectivity index (χ1) is 9.44. The van der Waals surface area contributed by atoms with E-state index in [4.69, 9.17) is 4.74 Å². The molecule has 7 heteroatoms. The Kier molecular flexibility index (Phi) is 3.07. The van der Waals surface area contributed by atoms with Gasteiger partial charge in [0.25, 0.3) is 5.56 Å². The zero-order valence-corrected chi connectivity index (χ0v) is 11.2. The largest absolute Gasteiger partial charge is 0.390 e. The molecule has 1 aromatic heterocycles. The Morgan fingerprint density at radius 2 is 2.15 bits per heavy atom. The van der Waals surface area contributed by atoms with Crippen LogP contribution in [0.1, 0.15) is 37.5 Å². The first kappa shape index (κ1) is 13.5. The summed E-state index contributed by atoms with van der Waals surface area (Å²) >= 11 is 0. The second-order valence-electron chi connectivity index (χ2n) is 5.67. The highest BCUT2D eigenvalue weighted by molar-refractivity contribution is 5.06. The molecule has 7 nitrogen and oxygen atoms in total. The number of rotatable bonds is 1. The van der Waals surface area contributed by atoms with Crippen LogP contribution in [-0.2, 0) is 4.74 Å². The Bertz CT molecular complexity index is 636. The van der Waals surface area contributed by atoms with Gasteiger partial charge in [-0.05, 0) is 26.2 Å². The number of nitrogens with zero attached hydrogens (tertiary/aromatic N) is 1. The number of aliphatic hydroxyl groups is 2. The monoisotopic (exact) mass is 282 g/mol. The molecule has 4 unspecified atom stereocenters. The van der Waals surface area contributed by atoms with Crippen LogP contribution in [0.5, 0.6) is 0 Å². The van der Waals surface area contributed by atoms with E-state index in [1.807, 2.05) is 0 Å². The summed E-state index contributed by atoms with van der Waals surface area (Å²) in [6, 6.07) is 0. The van der Waals surface area contributed by atoms with Crippen LogP contribution >= 0.6 is 0 Å². The van der Waals surface area contributed by atoms with Gasteiger partial charge in [-0.25, -0.2) is 4.79 Å². The maximum absolute atomic E-state index is 11.9. The lowest BCUT2D eigenvalue weighted by molar-refractivity contribution is -0.149. The Labute approximate surface area is 114 Å². The summed E-state index contributed by atoms with van der Waals surface area (Å²) in [7, 11) is 0. The van der Waals surface area contributed by atoms with Gasteiger partial charge in [-0.15, -0.1) is 0 Å². The van der Waals surface area contributed by atoms with Crippen molar-refractivity contribution < 1.29 is 14.9 Å². The number of aliphatic hydroxyl groups excluding tert-OH is 2. The molecule has 2 heterocycles. The number of hydrogen-bond acceptors (Lipinski definition) is 5. The quantitative estimate of drug-likeness (QED) is 0.638. The smallest absolute Gasteiger partial charge is 0.330 e. The minimum atomic E-state index is -0.978. The average Bonchev–Trinajstić information content (AvgIpc) is 2.91. The fraction of sp³-hybridized carbons (Fsp3) is 0.692. The Balaban J connectivity index is 1.96. The Morgan fingerprint density at radius 1 is 1.40 bits per heavy atom. The third-order valence-corrected chi connectivity index (χ3v) is 4.41. The lowest BCUT2D eigenvalue weighted by Crippen LogP contribution is -2.46. The van der Waals surface area contributed by atoms with Crippen molar-refractivity contribution in [3.05, 3.63) is 32.6 Å². The van der Waals surface area contributed by atoms with Gasteiger partial charge >= 0.3 is 5.69 Å². The number of aromatic amines is 1. The number of ether oxygens (including phenoxy) is 1. The van der Waals surface area contributed by atoms with E-state index in [0.717, 1.165) is 6.42 Å². The molecule has 3 rings (SSSR count). The van der Waals surface area contributed by atoms with Crippen molar-refractivity contribution in [2.45, 2.75) is 56.6 Å². The summed E-state index contributed by atoms with van der Waals surface area (Å²) in [6.45, 7) is 1.60. The Hall–Kier alpha value is -1.44. The van der Waals surface area contributed by atoms with Gasteiger partial charge in [-0.1, -0.05) is 0 Å². The molecule has 1 aliphatic heterocycles. The van der Waals surface area contributed by atoms with Gasteiger partial charge in [-0.2, -0.15) is 0 Å². The fourth-order valence-corrected chi connectivity index (χ4v) is 3.25. The van der Waals surface area contributed by atoms with Crippen molar-refractivity contribution >= 4 is 0 Å². The van der Waals surface area contributed by atoms with Gasteiger partial charge in [-0.3, -0.25) is 14.3 Å². The molecular weight excluding hydrogens is 264 g/mol. The van der Waals surface area contributed by atoms with E-state index in [1.54, 1.807) is 6.92 Å². The summed E-state index contributed by atoms with van der Waals surface area (Å²) in [5, 5.41) is 20.3. The fourth-order valence-electron chi connectivity index (χ4n) is 3.25. The summed E-state index contributed by atoms with van der Waals surface area (Å²) in [6.07, 6.45) is 1.39. The number of aromatic nitrogens is 2. The molecule has 3 N–H and O–H groups in total. The molecule has 0 aromatic carbocycles. The molecule has 1 aromatic rings. The first-order valence-corrected chi connectivity index (χ1v) is 6.80. The highest BCUT2D eigenvalue weighted by Gasteiger charge is 2.55. The normalized spacial score (nSPS) is 36.9. The van der Waals surface area contributed by atoms with Crippen molar-refractivity contribution in [3.8, 4) is 0 Å². The second-order valence-corrected chi connectivity index (χ2v) is 5.67. The van der Waals surface area contributed by atoms with Gasteiger partial charge in [0.05, 0.1) is 12.2 Å². The molecular formula is C13H18N2O5. The predicted molar refractivity (Wildman–Crippen MR) is 69.4 cm³/mol. The molecule has 4 atom stereocenters. The van der Waals surface area contributed by atoms with Gasteiger partial charge in [0, 0.05) is 18.2 Å². The van der Waals surface area contributed by atoms with Gasteiger partial charge in [0.2, 0.25) is 0 Å². The summed E-state index contributed by atoms with van der Waals surface area (Å²) < 4.78 is 7.11. The van der Waals surface area contributed by atoms with Crippen LogP contribution in [0.15, 0.2) is 15.8 Å². The minimum Gasteiger partial charge on any atom is -0.390 e. The van der Waals surface area contributed by atoms with Gasteiger partial charge < -0.3 is 14.9 Å². The third-order valence-electron chi connectivity index (χ3n) is 4.41. The molecule has 0 amide bonds. The molecule has 110 valence electrons. The molecule has 1 spiro atoms. The van der Waals surface area contributed by atoms with E-state index in [9.17, 15) is 19.8 Å². The lowest BCUT2D eigenvalue weighted by Gasteiger charge is -2.30. The first-order valence-electron chi connectivity index (χ1n) is 6.80. The van der Waals surface area contributed by atoms with Crippen molar-refractivity contribution in [3.63, 3.8) is 0 Å². The van der Waals surface area contributed by atoms with Crippen LogP contribution in [0.3, 0.4) is 0 Å². The van der Waals surface area contributed by atoms with Crippen LogP contribution in [-0.4, -0.2) is 37.6 Å². The number of nitrogens with one attached hydrogen (secondary N) is 1. The number of H-pyrrole nitrogens is 1. The van der Waals surface area contributed by atoms with E-state index < -0.39 is 35.3 Å². The van der Waals surface area contributed by atoms with Gasteiger partial charge in [0.15, 0.2) is 0 Å². The highest BCUT2D eigenvalue weighted by Crippen LogP contribution is 2.46. The zero-order valence-electron chi connectivity index (χ0n) is 11.2. The Morgan fingerprint density at radius 3 is 2.80 bits per heavy atom. The molecule has 1 saturated heterocycles. The number of aryl methyl sites for hydroxylation is 1. The minimum absolute atomic E-state index is 0.225. The van der Waals surface area contributed by atoms with E-state index in [1.165, 1.54) is 10.8 Å². The predicted octanol–water partition coefficient (Wildman–Crippen LogP) is -0.592. The summed E-state index contributed by atoms with van der Waals surface area (Å²) in [4.78, 5) is 25.4. The zero-order chi connectivity index (χ0) is 14.5. The van der Waals surface area contributed by atoms with E-state index in [-0.39, 0.29) is 6.42 Å². The van der Waals surface area contributed by atoms with Crippen molar-refractivity contribution in [1.29, 1.82) is 0 Å². The SMILES string of the molecule is Cc1cn(C2CC(O)C3(CCCC3O)O2)c(=O)[nH]c1=O. The molecule has 0 bridgehead atoms. The second kappa shape index (κ2) is 4.54.